The van der Waals surface area contributed by atoms with Crippen LogP contribution in [0, 0.1) is 0 Å². The summed E-state index contributed by atoms with van der Waals surface area (Å²) in [4.78, 5) is 21.9. The Morgan fingerprint density at radius 1 is 0.812 bits per heavy atom. The molecule has 0 aromatic heterocycles. The van der Waals surface area contributed by atoms with Crippen LogP contribution in [-0.2, 0) is 20.4 Å². The third-order valence-corrected chi connectivity index (χ3v) is 6.10. The highest BCUT2D eigenvalue weighted by molar-refractivity contribution is 6.16. The number of rotatable bonds is 8. The van der Waals surface area contributed by atoms with Crippen molar-refractivity contribution in [3.05, 3.63) is 64.7 Å². The van der Waals surface area contributed by atoms with Gasteiger partial charge in [0.1, 0.15) is 30.3 Å². The van der Waals surface area contributed by atoms with Gasteiger partial charge in [-0.3, -0.25) is 0 Å². The minimum absolute atomic E-state index is 0.123. The third kappa shape index (κ3) is 5.31. The van der Waals surface area contributed by atoms with Gasteiger partial charge < -0.3 is 19.7 Å². The van der Waals surface area contributed by atoms with Crippen molar-refractivity contribution < 1.29 is 29.3 Å². The van der Waals surface area contributed by atoms with Gasteiger partial charge in [-0.15, -0.1) is 0 Å². The third-order valence-electron chi connectivity index (χ3n) is 6.10. The molecule has 0 saturated carbocycles. The molecular formula is C26H30O6. The number of carboxylic acid groups (broad SMARTS) is 2. The maximum Gasteiger partial charge on any atom is 0.343 e. The van der Waals surface area contributed by atoms with E-state index in [1.165, 1.54) is 17.5 Å². The van der Waals surface area contributed by atoms with E-state index >= 15 is 0 Å². The molecular weight excluding hydrogens is 408 g/mol. The highest BCUT2D eigenvalue weighted by Gasteiger charge is 2.37. The fraction of sp³-hybridized carbons (Fsp3) is 0.385. The molecule has 32 heavy (non-hydrogen) atoms. The van der Waals surface area contributed by atoms with Crippen LogP contribution in [0.1, 0.15) is 57.2 Å². The van der Waals surface area contributed by atoms with Crippen LogP contribution in [0.3, 0.4) is 0 Å². The van der Waals surface area contributed by atoms with Crippen molar-refractivity contribution in [3.8, 4) is 11.5 Å². The number of hydrogen-bond acceptors (Lipinski definition) is 4. The molecule has 0 unspecified atom stereocenters. The maximum atomic E-state index is 11.0. The molecule has 2 aromatic rings. The van der Waals surface area contributed by atoms with Gasteiger partial charge in [0.05, 0.1) is 0 Å². The maximum absolute atomic E-state index is 11.0. The topological polar surface area (TPSA) is 93.1 Å². The molecule has 2 N–H and O–H groups in total. The van der Waals surface area contributed by atoms with Crippen molar-refractivity contribution in [1.82, 2.24) is 0 Å². The molecule has 1 aliphatic rings. The zero-order chi connectivity index (χ0) is 23.5. The summed E-state index contributed by atoms with van der Waals surface area (Å²) >= 11 is 0. The molecule has 2 aromatic carbocycles. The quantitative estimate of drug-likeness (QED) is 0.259. The summed E-state index contributed by atoms with van der Waals surface area (Å²) in [5.41, 5.74) is 2.80. The van der Waals surface area contributed by atoms with E-state index in [0.717, 1.165) is 18.2 Å². The summed E-state index contributed by atoms with van der Waals surface area (Å²) in [5, 5.41) is 17.9. The fourth-order valence-electron chi connectivity index (χ4n) is 4.02. The van der Waals surface area contributed by atoms with Gasteiger partial charge in [0.2, 0.25) is 0 Å². The molecule has 170 valence electrons. The van der Waals surface area contributed by atoms with Gasteiger partial charge in [0, 0.05) is 0 Å². The highest BCUT2D eigenvalue weighted by Crippen LogP contribution is 2.46. The molecule has 1 aliphatic carbocycles. The number of carboxylic acids is 2. The largest absolute Gasteiger partial charge is 0.490 e. The summed E-state index contributed by atoms with van der Waals surface area (Å²) in [7, 11) is 0. The van der Waals surface area contributed by atoms with Gasteiger partial charge in [-0.05, 0) is 70.7 Å². The molecule has 0 spiro atoms. The molecule has 0 radical (unpaired) electrons. The van der Waals surface area contributed by atoms with Gasteiger partial charge in [-0.25, -0.2) is 9.59 Å². The van der Waals surface area contributed by atoms with E-state index in [4.69, 9.17) is 19.7 Å². The molecule has 0 saturated heterocycles. The van der Waals surface area contributed by atoms with E-state index in [2.05, 4.69) is 39.8 Å². The lowest BCUT2D eigenvalue weighted by molar-refractivity contribution is -0.140. The Kier molecular flexibility index (Phi) is 6.63. The Bertz CT molecular complexity index is 1010. The van der Waals surface area contributed by atoms with E-state index in [-0.39, 0.29) is 10.8 Å². The van der Waals surface area contributed by atoms with Crippen molar-refractivity contribution in [2.24, 2.45) is 0 Å². The normalized spacial score (nSPS) is 15.9. The van der Waals surface area contributed by atoms with Crippen molar-refractivity contribution in [2.75, 3.05) is 13.2 Å². The smallest absolute Gasteiger partial charge is 0.343 e. The average Bonchev–Trinajstić information content (AvgIpc) is 2.73. The molecule has 0 fully saturated rings. The SMILES string of the molecule is CC1(C)CCC(C)(C)c2cc(OCCOc3ccc(C=C(C(=O)O)C(=O)O)cc3)ccc21. The van der Waals surface area contributed by atoms with Crippen molar-refractivity contribution in [3.63, 3.8) is 0 Å². The van der Waals surface area contributed by atoms with Crippen molar-refractivity contribution in [1.29, 1.82) is 0 Å². The zero-order valence-electron chi connectivity index (χ0n) is 19.0. The van der Waals surface area contributed by atoms with E-state index in [9.17, 15) is 9.59 Å². The van der Waals surface area contributed by atoms with E-state index < -0.39 is 17.5 Å². The zero-order valence-corrected chi connectivity index (χ0v) is 19.0. The summed E-state index contributed by atoms with van der Waals surface area (Å²) in [6.07, 6.45) is 3.42. The number of ether oxygens (including phenoxy) is 2. The lowest BCUT2D eigenvalue weighted by atomic mass is 9.63. The Labute approximate surface area is 188 Å². The van der Waals surface area contributed by atoms with Crippen LogP contribution in [0.5, 0.6) is 11.5 Å². The van der Waals surface area contributed by atoms with Gasteiger partial charge in [-0.1, -0.05) is 45.9 Å². The average molecular weight is 439 g/mol. The number of benzene rings is 2. The van der Waals surface area contributed by atoms with E-state index in [0.29, 0.717) is 24.5 Å². The number of hydrogen-bond donors (Lipinski definition) is 2. The van der Waals surface area contributed by atoms with Crippen LogP contribution in [0.2, 0.25) is 0 Å². The molecule has 0 heterocycles. The molecule has 6 heteroatoms. The minimum Gasteiger partial charge on any atom is -0.490 e. The predicted molar refractivity (Wildman–Crippen MR) is 122 cm³/mol. The van der Waals surface area contributed by atoms with Gasteiger partial charge in [-0.2, -0.15) is 0 Å². The van der Waals surface area contributed by atoms with Crippen molar-refractivity contribution in [2.45, 2.75) is 51.4 Å². The first-order chi connectivity index (χ1) is 15.0. The standard InChI is InChI=1S/C26H30O6/c1-25(2)11-12-26(3,4)22-16-19(9-10-21(22)25)32-14-13-31-18-7-5-17(6-8-18)15-20(23(27)28)24(29)30/h5-10,15-16H,11-14H2,1-4H3,(H,27,28)(H,29,30). The molecule has 3 rings (SSSR count). The fourth-order valence-corrected chi connectivity index (χ4v) is 4.02. The summed E-state index contributed by atoms with van der Waals surface area (Å²) < 4.78 is 11.6. The highest BCUT2D eigenvalue weighted by atomic mass is 16.5. The van der Waals surface area contributed by atoms with Crippen LogP contribution in [0.4, 0.5) is 0 Å². The number of carbonyl (C=O) groups is 2. The first-order valence-electron chi connectivity index (χ1n) is 10.7. The first kappa shape index (κ1) is 23.4. The molecule has 0 atom stereocenters. The summed E-state index contributed by atoms with van der Waals surface area (Å²) in [5.74, 6) is -1.55. The predicted octanol–water partition coefficient (Wildman–Crippen LogP) is 5.05. The van der Waals surface area contributed by atoms with Crippen LogP contribution >= 0.6 is 0 Å². The lowest BCUT2D eigenvalue weighted by Gasteiger charge is -2.41. The summed E-state index contributed by atoms with van der Waals surface area (Å²) in [6.45, 7) is 9.87. The Balaban J connectivity index is 1.58. The van der Waals surface area contributed by atoms with Gasteiger partial charge in [0.15, 0.2) is 0 Å². The first-order valence-corrected chi connectivity index (χ1v) is 10.7. The molecule has 0 amide bonds. The van der Waals surface area contributed by atoms with E-state index in [1.54, 1.807) is 24.3 Å². The molecule has 6 nitrogen and oxygen atoms in total. The Morgan fingerprint density at radius 2 is 1.31 bits per heavy atom. The van der Waals surface area contributed by atoms with Crippen LogP contribution in [0.15, 0.2) is 48.0 Å². The monoisotopic (exact) mass is 438 g/mol. The van der Waals surface area contributed by atoms with Gasteiger partial charge in [0.25, 0.3) is 0 Å². The summed E-state index contributed by atoms with van der Waals surface area (Å²) in [6, 6.07) is 12.9. The van der Waals surface area contributed by atoms with Crippen LogP contribution < -0.4 is 9.47 Å². The van der Waals surface area contributed by atoms with Crippen molar-refractivity contribution >= 4 is 18.0 Å². The second-order valence-electron chi connectivity index (χ2n) is 9.41. The van der Waals surface area contributed by atoms with E-state index in [1.807, 2.05) is 6.07 Å². The minimum atomic E-state index is -1.48. The Hall–Kier alpha value is -3.28. The molecule has 0 aliphatic heterocycles. The Morgan fingerprint density at radius 3 is 1.88 bits per heavy atom. The lowest BCUT2D eigenvalue weighted by Crippen LogP contribution is -2.33. The second kappa shape index (κ2) is 9.07. The molecule has 0 bridgehead atoms. The van der Waals surface area contributed by atoms with Crippen LogP contribution in [0.25, 0.3) is 6.08 Å². The van der Waals surface area contributed by atoms with Gasteiger partial charge >= 0.3 is 11.9 Å². The number of fused-ring (bicyclic) bond motifs is 1. The number of aliphatic carboxylic acids is 2. The van der Waals surface area contributed by atoms with Crippen LogP contribution in [-0.4, -0.2) is 35.4 Å². The second-order valence-corrected chi connectivity index (χ2v) is 9.41.